The molecule has 0 aromatic heterocycles. The summed E-state index contributed by atoms with van der Waals surface area (Å²) < 4.78 is 28.1. The normalized spacial score (nSPS) is 10.3. The molecule has 0 saturated carbocycles. The summed E-state index contributed by atoms with van der Waals surface area (Å²) in [6.45, 7) is 2.75. The summed E-state index contributed by atoms with van der Waals surface area (Å²) in [6, 6.07) is 3.03. The molecular weight excluding hydrogens is 269 g/mol. The first-order valence-electron chi connectivity index (χ1n) is 5.51. The lowest BCUT2D eigenvalue weighted by atomic mass is 10.2. The zero-order valence-corrected chi connectivity index (χ0v) is 11.1. The molecule has 0 N–H and O–H groups in total. The van der Waals surface area contributed by atoms with E-state index >= 15 is 0 Å². The van der Waals surface area contributed by atoms with Gasteiger partial charge in [-0.2, -0.15) is 0 Å². The first-order valence-corrected chi connectivity index (χ1v) is 5.51. The molecule has 7 heteroatoms. The number of rotatable bonds is 7. The molecule has 0 heterocycles. The van der Waals surface area contributed by atoms with E-state index in [1.807, 2.05) is 0 Å². The van der Waals surface area contributed by atoms with Crippen LogP contribution in [0.5, 0.6) is 17.2 Å². The number of hydrogen-bond acceptors (Lipinski definition) is 5. The van der Waals surface area contributed by atoms with Gasteiger partial charge < -0.3 is 14.2 Å². The average molecular weight is 283 g/mol. The Morgan fingerprint density at radius 3 is 2.35 bits per heavy atom. The average Bonchev–Trinajstić information content (AvgIpc) is 2.42. The Balaban J connectivity index is 3.17. The van der Waals surface area contributed by atoms with Crippen LogP contribution in [0.1, 0.15) is 5.56 Å². The van der Waals surface area contributed by atoms with Gasteiger partial charge in [0.15, 0.2) is 11.5 Å². The van der Waals surface area contributed by atoms with E-state index in [-0.39, 0.29) is 23.9 Å². The van der Waals surface area contributed by atoms with Crippen LogP contribution >= 0.6 is 0 Å². The predicted octanol–water partition coefficient (Wildman–Crippen LogP) is 2.81. The summed E-state index contributed by atoms with van der Waals surface area (Å²) >= 11 is 0. The molecular formula is C13H14FNO5. The van der Waals surface area contributed by atoms with Crippen LogP contribution in [-0.4, -0.2) is 25.7 Å². The van der Waals surface area contributed by atoms with Gasteiger partial charge in [-0.15, -0.1) is 0 Å². The van der Waals surface area contributed by atoms with Gasteiger partial charge in [-0.1, -0.05) is 6.58 Å². The van der Waals surface area contributed by atoms with Crippen LogP contribution in [0.15, 0.2) is 30.7 Å². The Hall–Kier alpha value is -2.57. The summed E-state index contributed by atoms with van der Waals surface area (Å²) in [4.78, 5) is 9.72. The minimum absolute atomic E-state index is 0.201. The highest BCUT2D eigenvalue weighted by Gasteiger charge is 2.14. The number of nitrogens with zero attached hydrogens (tertiary/aromatic N) is 1. The van der Waals surface area contributed by atoms with Gasteiger partial charge in [0.05, 0.1) is 19.1 Å². The van der Waals surface area contributed by atoms with Gasteiger partial charge in [0, 0.05) is 6.08 Å². The molecule has 0 bridgehead atoms. The maximum atomic E-state index is 12.7. The molecule has 0 amide bonds. The zero-order valence-electron chi connectivity index (χ0n) is 11.1. The van der Waals surface area contributed by atoms with Crippen molar-refractivity contribution < 1.29 is 23.5 Å². The van der Waals surface area contributed by atoms with Crippen molar-refractivity contribution in [1.82, 2.24) is 0 Å². The van der Waals surface area contributed by atoms with E-state index in [4.69, 9.17) is 14.2 Å². The summed E-state index contributed by atoms with van der Waals surface area (Å²) in [5, 5.41) is 10.3. The fourth-order valence-electron chi connectivity index (χ4n) is 1.44. The van der Waals surface area contributed by atoms with E-state index in [1.165, 1.54) is 32.4 Å². The van der Waals surface area contributed by atoms with Crippen LogP contribution in [0.4, 0.5) is 4.39 Å². The van der Waals surface area contributed by atoms with Crippen LogP contribution in [-0.2, 0) is 0 Å². The second-order valence-electron chi connectivity index (χ2n) is 3.66. The number of halogens is 1. The minimum atomic E-state index is -0.647. The van der Waals surface area contributed by atoms with Crippen molar-refractivity contribution in [2.24, 2.45) is 0 Å². The third-order valence-electron chi connectivity index (χ3n) is 2.24. The molecule has 1 aromatic rings. The van der Waals surface area contributed by atoms with Crippen molar-refractivity contribution in [2.45, 2.75) is 0 Å². The monoisotopic (exact) mass is 283 g/mol. The van der Waals surface area contributed by atoms with Gasteiger partial charge in [-0.25, -0.2) is 4.39 Å². The van der Waals surface area contributed by atoms with Gasteiger partial charge in [-0.05, 0) is 17.7 Å². The largest absolute Gasteiger partial charge is 0.493 e. The summed E-state index contributed by atoms with van der Waals surface area (Å²) in [5.41, 5.74) is 0.488. The van der Waals surface area contributed by atoms with Crippen molar-refractivity contribution in [3.05, 3.63) is 46.4 Å². The van der Waals surface area contributed by atoms with E-state index in [0.717, 1.165) is 6.20 Å². The molecule has 0 unspecified atom stereocenters. The van der Waals surface area contributed by atoms with Crippen LogP contribution in [0.3, 0.4) is 0 Å². The first-order chi connectivity index (χ1) is 9.47. The molecule has 108 valence electrons. The van der Waals surface area contributed by atoms with Crippen LogP contribution in [0.2, 0.25) is 0 Å². The van der Waals surface area contributed by atoms with Gasteiger partial charge >= 0.3 is 0 Å². The molecule has 0 aliphatic heterocycles. The lowest BCUT2D eigenvalue weighted by molar-refractivity contribution is -0.400. The van der Waals surface area contributed by atoms with Crippen molar-refractivity contribution in [2.75, 3.05) is 20.8 Å². The highest BCUT2D eigenvalue weighted by atomic mass is 19.1. The Morgan fingerprint density at radius 2 is 1.95 bits per heavy atom. The number of methoxy groups -OCH3 is 2. The predicted molar refractivity (Wildman–Crippen MR) is 71.3 cm³/mol. The standard InChI is InChI=1S/C13H14FNO5/c1-9(14)8-20-13-11(18-2)6-10(4-5-15(16)17)7-12(13)19-3/h4-7H,1,8H2,2-3H3. The number of benzene rings is 1. The number of nitro groups is 1. The van der Waals surface area contributed by atoms with Gasteiger partial charge in [0.1, 0.15) is 12.4 Å². The van der Waals surface area contributed by atoms with E-state index < -0.39 is 10.8 Å². The molecule has 0 atom stereocenters. The van der Waals surface area contributed by atoms with Crippen molar-refractivity contribution in [1.29, 1.82) is 0 Å². The van der Waals surface area contributed by atoms with Crippen molar-refractivity contribution >= 4 is 6.08 Å². The second kappa shape index (κ2) is 7.13. The van der Waals surface area contributed by atoms with Crippen molar-refractivity contribution in [3.8, 4) is 17.2 Å². The van der Waals surface area contributed by atoms with Crippen LogP contribution in [0.25, 0.3) is 6.08 Å². The molecule has 0 radical (unpaired) electrons. The molecule has 0 aliphatic rings. The molecule has 6 nitrogen and oxygen atoms in total. The Labute approximate surface area is 115 Å². The smallest absolute Gasteiger partial charge is 0.235 e. The van der Waals surface area contributed by atoms with Gasteiger partial charge in [0.2, 0.25) is 11.9 Å². The molecule has 0 aliphatic carbocycles. The van der Waals surface area contributed by atoms with Crippen LogP contribution in [0, 0.1) is 10.1 Å². The molecule has 0 spiro atoms. The van der Waals surface area contributed by atoms with Crippen molar-refractivity contribution in [3.63, 3.8) is 0 Å². The van der Waals surface area contributed by atoms with E-state index in [2.05, 4.69) is 6.58 Å². The Morgan fingerprint density at radius 1 is 1.40 bits per heavy atom. The molecule has 0 fully saturated rings. The topological polar surface area (TPSA) is 70.8 Å². The molecule has 1 rings (SSSR count). The third-order valence-corrected chi connectivity index (χ3v) is 2.24. The van der Waals surface area contributed by atoms with Gasteiger partial charge in [-0.3, -0.25) is 10.1 Å². The molecule has 1 aromatic carbocycles. The fraction of sp³-hybridized carbons (Fsp3) is 0.231. The van der Waals surface area contributed by atoms with E-state index in [1.54, 1.807) is 0 Å². The van der Waals surface area contributed by atoms with Gasteiger partial charge in [0.25, 0.3) is 0 Å². The lowest BCUT2D eigenvalue weighted by Gasteiger charge is -2.14. The third kappa shape index (κ3) is 4.27. The summed E-state index contributed by atoms with van der Waals surface area (Å²) in [5.74, 6) is 0.0979. The first kappa shape index (κ1) is 15.5. The van der Waals surface area contributed by atoms with E-state index in [0.29, 0.717) is 5.56 Å². The van der Waals surface area contributed by atoms with E-state index in [9.17, 15) is 14.5 Å². The maximum Gasteiger partial charge on any atom is 0.235 e. The quantitative estimate of drug-likeness (QED) is 0.568. The minimum Gasteiger partial charge on any atom is -0.493 e. The molecule has 0 saturated heterocycles. The summed E-state index contributed by atoms with van der Waals surface area (Å²) in [6.07, 6.45) is 2.07. The lowest BCUT2D eigenvalue weighted by Crippen LogP contribution is -2.02. The zero-order chi connectivity index (χ0) is 15.1. The second-order valence-corrected chi connectivity index (χ2v) is 3.66. The SMILES string of the molecule is C=C(F)COc1c(OC)cc(C=C[N+](=O)[O-])cc1OC. The highest BCUT2D eigenvalue weighted by molar-refractivity contribution is 5.61. The maximum absolute atomic E-state index is 12.7. The summed E-state index contributed by atoms with van der Waals surface area (Å²) in [7, 11) is 2.79. The highest BCUT2D eigenvalue weighted by Crippen LogP contribution is 2.39. The number of hydrogen-bond donors (Lipinski definition) is 0. The van der Waals surface area contributed by atoms with Crippen LogP contribution < -0.4 is 14.2 Å². The Kier molecular flexibility index (Phi) is 5.52. The Bertz CT molecular complexity index is 517. The fourth-order valence-corrected chi connectivity index (χ4v) is 1.44. The molecule has 20 heavy (non-hydrogen) atoms. The number of ether oxygens (including phenoxy) is 3.